The molecule has 178 valence electrons. The highest BCUT2D eigenvalue weighted by molar-refractivity contribution is 9.10. The summed E-state index contributed by atoms with van der Waals surface area (Å²) in [7, 11) is 1.52. The van der Waals surface area contributed by atoms with Crippen LogP contribution in [0.1, 0.15) is 17.3 Å². The molecular formula is C26H21BrN2O5S. The number of hydrogen-bond donors (Lipinski definition) is 2. The van der Waals surface area contributed by atoms with Crippen molar-refractivity contribution in [2.24, 2.45) is 0 Å². The van der Waals surface area contributed by atoms with Crippen LogP contribution in [0.2, 0.25) is 0 Å². The first-order valence-electron chi connectivity index (χ1n) is 10.7. The van der Waals surface area contributed by atoms with Gasteiger partial charge < -0.3 is 19.2 Å². The van der Waals surface area contributed by atoms with E-state index in [9.17, 15) is 9.59 Å². The van der Waals surface area contributed by atoms with Gasteiger partial charge in [-0.3, -0.25) is 10.1 Å². The molecule has 9 heteroatoms. The largest absolute Gasteiger partial charge is 0.495 e. The number of rotatable bonds is 6. The average Bonchev–Trinajstić information content (AvgIpc) is 2.84. The fourth-order valence-corrected chi connectivity index (χ4v) is 4.18. The Morgan fingerprint density at radius 2 is 1.83 bits per heavy atom. The summed E-state index contributed by atoms with van der Waals surface area (Å²) in [6, 6.07) is 19.3. The molecule has 1 amide bonds. The Bertz CT molecular complexity index is 1480. The molecule has 0 saturated heterocycles. The number of carbonyl (C=O) groups excluding carboxylic acids is 1. The molecule has 0 spiro atoms. The van der Waals surface area contributed by atoms with Gasteiger partial charge in [-0.1, -0.05) is 24.3 Å². The van der Waals surface area contributed by atoms with Crippen molar-refractivity contribution in [3.8, 4) is 22.6 Å². The molecule has 0 aliphatic rings. The first kappa shape index (κ1) is 24.4. The minimum absolute atomic E-state index is 0.0704. The molecular weight excluding hydrogens is 532 g/mol. The van der Waals surface area contributed by atoms with Crippen LogP contribution in [0.4, 0.5) is 5.69 Å². The van der Waals surface area contributed by atoms with Gasteiger partial charge in [-0.2, -0.15) is 0 Å². The maximum Gasteiger partial charge on any atom is 0.344 e. The van der Waals surface area contributed by atoms with Crippen molar-refractivity contribution in [3.05, 3.63) is 87.2 Å². The number of carbonyl (C=O) groups is 1. The predicted octanol–water partition coefficient (Wildman–Crippen LogP) is 5.76. The van der Waals surface area contributed by atoms with E-state index in [2.05, 4.69) is 26.6 Å². The van der Waals surface area contributed by atoms with Gasteiger partial charge in [0, 0.05) is 10.9 Å². The maximum absolute atomic E-state index is 12.7. The summed E-state index contributed by atoms with van der Waals surface area (Å²) in [5.74, 6) is 0.736. The van der Waals surface area contributed by atoms with E-state index in [4.69, 9.17) is 26.1 Å². The molecule has 1 aromatic heterocycles. The molecule has 0 fully saturated rings. The van der Waals surface area contributed by atoms with Crippen molar-refractivity contribution >= 4 is 55.8 Å². The second kappa shape index (κ2) is 10.7. The number of thiocarbonyl (C=S) groups is 1. The van der Waals surface area contributed by atoms with Gasteiger partial charge in [0.1, 0.15) is 17.1 Å². The number of halogens is 1. The van der Waals surface area contributed by atoms with E-state index in [1.54, 1.807) is 48.5 Å². The van der Waals surface area contributed by atoms with Crippen LogP contribution in [-0.4, -0.2) is 24.7 Å². The van der Waals surface area contributed by atoms with E-state index in [-0.39, 0.29) is 5.11 Å². The van der Waals surface area contributed by atoms with Crippen LogP contribution in [-0.2, 0) is 0 Å². The Kier molecular flexibility index (Phi) is 7.48. The van der Waals surface area contributed by atoms with Crippen LogP contribution in [0.3, 0.4) is 0 Å². The van der Waals surface area contributed by atoms with Crippen molar-refractivity contribution in [3.63, 3.8) is 0 Å². The molecule has 0 radical (unpaired) electrons. The minimum Gasteiger partial charge on any atom is -0.495 e. The Balaban J connectivity index is 1.56. The van der Waals surface area contributed by atoms with Gasteiger partial charge in [-0.05, 0) is 83.1 Å². The van der Waals surface area contributed by atoms with E-state index >= 15 is 0 Å². The van der Waals surface area contributed by atoms with E-state index in [0.29, 0.717) is 50.5 Å². The monoisotopic (exact) mass is 552 g/mol. The molecule has 0 unspecified atom stereocenters. The van der Waals surface area contributed by atoms with Crippen molar-refractivity contribution in [2.75, 3.05) is 19.0 Å². The van der Waals surface area contributed by atoms with E-state index in [1.807, 2.05) is 25.1 Å². The predicted molar refractivity (Wildman–Crippen MR) is 143 cm³/mol. The highest BCUT2D eigenvalue weighted by atomic mass is 79.9. The van der Waals surface area contributed by atoms with Crippen molar-refractivity contribution in [2.45, 2.75) is 6.92 Å². The number of fused-ring (bicyclic) bond motifs is 1. The molecule has 7 nitrogen and oxygen atoms in total. The molecule has 2 N–H and O–H groups in total. The van der Waals surface area contributed by atoms with Gasteiger partial charge in [0.05, 0.1) is 29.4 Å². The molecule has 4 aromatic rings. The smallest absolute Gasteiger partial charge is 0.344 e. The summed E-state index contributed by atoms with van der Waals surface area (Å²) in [4.78, 5) is 25.3. The molecule has 35 heavy (non-hydrogen) atoms. The minimum atomic E-state index is -0.461. The number of ether oxygens (including phenoxy) is 2. The molecule has 0 bridgehead atoms. The zero-order valence-electron chi connectivity index (χ0n) is 18.9. The van der Waals surface area contributed by atoms with Gasteiger partial charge in [0.2, 0.25) is 0 Å². The van der Waals surface area contributed by atoms with Gasteiger partial charge in [0.15, 0.2) is 5.11 Å². The average molecular weight is 553 g/mol. The molecule has 0 saturated carbocycles. The molecule has 0 aliphatic heterocycles. The highest BCUT2D eigenvalue weighted by Gasteiger charge is 2.15. The van der Waals surface area contributed by atoms with E-state index < -0.39 is 11.5 Å². The lowest BCUT2D eigenvalue weighted by Crippen LogP contribution is -2.34. The Hall–Kier alpha value is -3.69. The highest BCUT2D eigenvalue weighted by Crippen LogP contribution is 2.31. The fraction of sp³-hybridized carbons (Fsp3) is 0.115. The van der Waals surface area contributed by atoms with Crippen molar-refractivity contribution in [1.29, 1.82) is 0 Å². The number of hydrogen-bond acceptors (Lipinski definition) is 6. The second-order valence-corrected chi connectivity index (χ2v) is 8.65. The number of nitrogens with one attached hydrogen (secondary N) is 2. The molecule has 3 aromatic carbocycles. The number of methoxy groups -OCH3 is 1. The first-order valence-corrected chi connectivity index (χ1v) is 11.9. The van der Waals surface area contributed by atoms with Crippen LogP contribution in [0.25, 0.3) is 22.1 Å². The zero-order valence-corrected chi connectivity index (χ0v) is 21.3. The second-order valence-electron chi connectivity index (χ2n) is 7.39. The number of benzene rings is 3. The quantitative estimate of drug-likeness (QED) is 0.232. The van der Waals surface area contributed by atoms with Gasteiger partial charge in [0.25, 0.3) is 5.91 Å². The van der Waals surface area contributed by atoms with Crippen molar-refractivity contribution in [1.82, 2.24) is 5.32 Å². The van der Waals surface area contributed by atoms with Gasteiger partial charge >= 0.3 is 5.63 Å². The lowest BCUT2D eigenvalue weighted by Gasteiger charge is -2.14. The first-order chi connectivity index (χ1) is 16.9. The Morgan fingerprint density at radius 3 is 2.57 bits per heavy atom. The lowest BCUT2D eigenvalue weighted by atomic mass is 10.0. The van der Waals surface area contributed by atoms with E-state index in [1.165, 1.54) is 7.11 Å². The Labute approximate surface area is 215 Å². The third-order valence-electron chi connectivity index (χ3n) is 5.12. The normalized spacial score (nSPS) is 10.6. The van der Waals surface area contributed by atoms with Crippen LogP contribution in [0.15, 0.2) is 80.4 Å². The summed E-state index contributed by atoms with van der Waals surface area (Å²) in [5.41, 5.74) is 1.94. The van der Waals surface area contributed by atoms with E-state index in [0.717, 1.165) is 5.39 Å². The summed E-state index contributed by atoms with van der Waals surface area (Å²) >= 11 is 8.76. The third kappa shape index (κ3) is 5.52. The maximum atomic E-state index is 12.7. The number of para-hydroxylation sites is 1. The summed E-state index contributed by atoms with van der Waals surface area (Å²) in [6.45, 7) is 2.40. The molecule has 4 rings (SSSR count). The number of anilines is 1. The summed E-state index contributed by atoms with van der Waals surface area (Å²) < 4.78 is 17.0. The fourth-order valence-electron chi connectivity index (χ4n) is 3.48. The van der Waals surface area contributed by atoms with Gasteiger partial charge in [-0.25, -0.2) is 4.79 Å². The Morgan fingerprint density at radius 1 is 1.06 bits per heavy atom. The lowest BCUT2D eigenvalue weighted by molar-refractivity contribution is 0.0977. The molecule has 0 atom stereocenters. The standard InChI is InChI=1S/C26H21BrN2O5S/c1-3-33-22-10-9-17(13-19(22)27)24(30)29-26(35)28-20-14-15(8-11-23(20)32-2)18-12-16-6-4-5-7-21(16)34-25(18)31/h4-14H,3H2,1-2H3,(H2,28,29,30,35). The zero-order chi connectivity index (χ0) is 24.9. The molecule has 0 aliphatic carbocycles. The SMILES string of the molecule is CCOc1ccc(C(=O)NC(=S)Nc2cc(-c3cc4ccccc4oc3=O)ccc2OC)cc1Br. The third-order valence-corrected chi connectivity index (χ3v) is 5.94. The van der Waals surface area contributed by atoms with Crippen LogP contribution < -0.4 is 25.7 Å². The van der Waals surface area contributed by atoms with Crippen LogP contribution in [0.5, 0.6) is 11.5 Å². The van der Waals surface area contributed by atoms with Crippen molar-refractivity contribution < 1.29 is 18.7 Å². The van der Waals surface area contributed by atoms with Crippen LogP contribution >= 0.6 is 28.1 Å². The van der Waals surface area contributed by atoms with Gasteiger partial charge in [-0.15, -0.1) is 0 Å². The summed E-state index contributed by atoms with van der Waals surface area (Å²) in [5, 5.41) is 6.51. The number of amides is 1. The van der Waals surface area contributed by atoms with Crippen LogP contribution in [0, 0.1) is 0 Å². The molecule has 1 heterocycles. The summed E-state index contributed by atoms with van der Waals surface area (Å²) in [6.07, 6.45) is 0. The topological polar surface area (TPSA) is 89.8 Å².